The van der Waals surface area contributed by atoms with Crippen molar-refractivity contribution in [3.63, 3.8) is 0 Å². The maximum atomic E-state index is 14.4. The summed E-state index contributed by atoms with van der Waals surface area (Å²) in [4.78, 5) is 16.8. The lowest BCUT2D eigenvalue weighted by atomic mass is 9.76. The van der Waals surface area contributed by atoms with Gasteiger partial charge in [0.2, 0.25) is 15.9 Å². The second-order valence-electron chi connectivity index (χ2n) is 8.76. The summed E-state index contributed by atoms with van der Waals surface area (Å²) < 4.78 is 38.9. The van der Waals surface area contributed by atoms with Crippen LogP contribution < -0.4 is 15.6 Å². The number of hydrazine groups is 1. The monoisotopic (exact) mass is 420 g/mol. The number of aliphatic hydroxyl groups is 1. The second kappa shape index (κ2) is 9.34. The minimum absolute atomic E-state index is 0.128. The molecule has 1 aliphatic heterocycles. The number of halogens is 1. The number of nitrogens with zero attached hydrogens (tertiary/aromatic N) is 1. The van der Waals surface area contributed by atoms with E-state index in [2.05, 4.69) is 20.5 Å². The van der Waals surface area contributed by atoms with Gasteiger partial charge < -0.3 is 5.11 Å². The summed E-state index contributed by atoms with van der Waals surface area (Å²) >= 11 is 0. The van der Waals surface area contributed by atoms with E-state index < -0.39 is 34.1 Å². The summed E-state index contributed by atoms with van der Waals surface area (Å²) in [5, 5.41) is 13.1. The molecule has 10 heteroatoms. The van der Waals surface area contributed by atoms with E-state index in [0.29, 0.717) is 25.7 Å². The van der Waals surface area contributed by atoms with Crippen molar-refractivity contribution < 1.29 is 22.7 Å². The molecule has 28 heavy (non-hydrogen) atoms. The molecule has 2 saturated carbocycles. The van der Waals surface area contributed by atoms with Crippen molar-refractivity contribution >= 4 is 15.9 Å². The van der Waals surface area contributed by atoms with Crippen LogP contribution in [-0.2, 0) is 14.8 Å². The largest absolute Gasteiger partial charge is 0.393 e. The summed E-state index contributed by atoms with van der Waals surface area (Å²) in [7, 11) is -1.71. The van der Waals surface area contributed by atoms with Crippen molar-refractivity contribution in [3.8, 4) is 0 Å². The Morgan fingerprint density at radius 3 is 2.71 bits per heavy atom. The highest BCUT2D eigenvalue weighted by Gasteiger charge is 2.40. The Bertz CT molecular complexity index is 649. The van der Waals surface area contributed by atoms with Crippen LogP contribution in [-0.4, -0.2) is 68.7 Å². The number of sulfonamides is 1. The quantitative estimate of drug-likeness (QED) is 0.454. The maximum absolute atomic E-state index is 14.4. The van der Waals surface area contributed by atoms with Crippen LogP contribution in [0.15, 0.2) is 0 Å². The van der Waals surface area contributed by atoms with Crippen molar-refractivity contribution in [2.24, 2.45) is 17.8 Å². The molecule has 2 aliphatic carbocycles. The molecular weight excluding hydrogens is 387 g/mol. The Kier molecular flexibility index (Phi) is 7.30. The average Bonchev–Trinajstić information content (AvgIpc) is 3.06. The minimum atomic E-state index is -3.73. The molecule has 3 fully saturated rings. The topological polar surface area (TPSA) is 111 Å². The van der Waals surface area contributed by atoms with Crippen LogP contribution in [0, 0.1) is 17.8 Å². The van der Waals surface area contributed by atoms with E-state index in [1.54, 1.807) is 0 Å². The number of hydrogen-bond acceptors (Lipinski definition) is 6. The predicted molar refractivity (Wildman–Crippen MR) is 103 cm³/mol. The van der Waals surface area contributed by atoms with Gasteiger partial charge >= 0.3 is 0 Å². The van der Waals surface area contributed by atoms with Crippen LogP contribution in [0.1, 0.15) is 44.9 Å². The summed E-state index contributed by atoms with van der Waals surface area (Å²) in [5.74, 6) is -1.51. The van der Waals surface area contributed by atoms with Gasteiger partial charge in [-0.05, 0) is 57.4 Å². The zero-order valence-corrected chi connectivity index (χ0v) is 17.3. The van der Waals surface area contributed by atoms with Gasteiger partial charge in [0.15, 0.2) is 0 Å². The molecule has 6 atom stereocenters. The van der Waals surface area contributed by atoms with E-state index in [1.807, 2.05) is 7.05 Å². The number of nitrogens with one attached hydrogen (secondary N) is 3. The first-order chi connectivity index (χ1) is 13.2. The van der Waals surface area contributed by atoms with E-state index in [0.717, 1.165) is 32.5 Å². The molecule has 0 bridgehead atoms. The van der Waals surface area contributed by atoms with Crippen molar-refractivity contribution in [1.29, 1.82) is 0 Å². The van der Waals surface area contributed by atoms with Gasteiger partial charge in [-0.2, -0.15) is 0 Å². The van der Waals surface area contributed by atoms with Crippen molar-refractivity contribution in [3.05, 3.63) is 0 Å². The average molecular weight is 421 g/mol. The Morgan fingerprint density at radius 1 is 1.25 bits per heavy atom. The third-order valence-electron chi connectivity index (χ3n) is 6.38. The van der Waals surface area contributed by atoms with E-state index in [-0.39, 0.29) is 23.6 Å². The fourth-order valence-corrected chi connectivity index (χ4v) is 6.11. The Morgan fingerprint density at radius 2 is 2.04 bits per heavy atom. The highest BCUT2D eigenvalue weighted by atomic mass is 32.2. The van der Waals surface area contributed by atoms with E-state index >= 15 is 0 Å². The second-order valence-corrected chi connectivity index (χ2v) is 10.5. The van der Waals surface area contributed by atoms with Crippen molar-refractivity contribution in [2.75, 3.05) is 26.0 Å². The Labute approximate surface area is 166 Å². The fraction of sp³-hybridized carbons (Fsp3) is 0.944. The van der Waals surface area contributed by atoms with Crippen LogP contribution >= 0.6 is 0 Å². The molecule has 0 spiro atoms. The van der Waals surface area contributed by atoms with Crippen molar-refractivity contribution in [2.45, 2.75) is 63.3 Å². The molecule has 3 rings (SSSR count). The first-order valence-corrected chi connectivity index (χ1v) is 11.9. The summed E-state index contributed by atoms with van der Waals surface area (Å²) in [6.45, 7) is 1.66. The third-order valence-corrected chi connectivity index (χ3v) is 7.71. The molecule has 0 aromatic heterocycles. The highest BCUT2D eigenvalue weighted by Crippen LogP contribution is 2.34. The lowest BCUT2D eigenvalue weighted by Crippen LogP contribution is -2.50. The number of likely N-dealkylation sites (N-methyl/N-ethyl adjacent to an activating group) is 1. The van der Waals surface area contributed by atoms with Gasteiger partial charge in [-0.15, -0.1) is 4.83 Å². The lowest BCUT2D eigenvalue weighted by Gasteiger charge is -2.34. The van der Waals surface area contributed by atoms with Crippen LogP contribution in [0.25, 0.3) is 0 Å². The van der Waals surface area contributed by atoms with Gasteiger partial charge in [-0.3, -0.25) is 20.4 Å². The molecule has 8 nitrogen and oxygen atoms in total. The Balaban J connectivity index is 1.49. The van der Waals surface area contributed by atoms with Gasteiger partial charge in [0.25, 0.3) is 0 Å². The molecule has 0 aromatic rings. The molecule has 1 heterocycles. The normalized spacial score (nSPS) is 37.7. The van der Waals surface area contributed by atoms with Crippen molar-refractivity contribution in [1.82, 2.24) is 20.5 Å². The number of carbonyl (C=O) groups excluding carboxylic acids is 1. The Hall–Kier alpha value is -0.810. The van der Waals surface area contributed by atoms with Crippen LogP contribution in [0.2, 0.25) is 0 Å². The van der Waals surface area contributed by atoms with Gasteiger partial charge in [-0.25, -0.2) is 12.8 Å². The molecule has 0 radical (unpaired) electrons. The molecule has 4 unspecified atom stereocenters. The molecular formula is C18H33FN4O4S. The first kappa shape index (κ1) is 21.9. The van der Waals surface area contributed by atoms with Gasteiger partial charge in [-0.1, -0.05) is 6.42 Å². The maximum Gasteiger partial charge on any atom is 0.240 e. The van der Waals surface area contributed by atoms with Gasteiger partial charge in [0.1, 0.15) is 6.17 Å². The van der Waals surface area contributed by atoms with Crippen LogP contribution in [0.3, 0.4) is 0 Å². The first-order valence-electron chi connectivity index (χ1n) is 10.3. The van der Waals surface area contributed by atoms with Crippen LogP contribution in [0.4, 0.5) is 4.39 Å². The molecule has 1 saturated heterocycles. The highest BCUT2D eigenvalue weighted by molar-refractivity contribution is 7.89. The minimum Gasteiger partial charge on any atom is -0.393 e. The fourth-order valence-electron chi connectivity index (χ4n) is 4.84. The smallest absolute Gasteiger partial charge is 0.240 e. The SMILES string of the molecule is CN1CNC(C2CCC(F)C(C(=O)NNS(=O)(=O)C[C@H]3CCC[C@H](O)C3)C2)C1. The summed E-state index contributed by atoms with van der Waals surface area (Å²) in [6, 6.07) is 0.238. The van der Waals surface area contributed by atoms with Gasteiger partial charge in [0.05, 0.1) is 17.8 Å². The van der Waals surface area contributed by atoms with Crippen LogP contribution in [0.5, 0.6) is 0 Å². The van der Waals surface area contributed by atoms with E-state index in [4.69, 9.17) is 0 Å². The molecule has 1 amide bonds. The number of carbonyl (C=O) groups is 1. The van der Waals surface area contributed by atoms with Gasteiger partial charge in [0, 0.05) is 19.3 Å². The van der Waals surface area contributed by atoms with E-state index in [1.165, 1.54) is 0 Å². The zero-order valence-electron chi connectivity index (χ0n) is 16.4. The third kappa shape index (κ3) is 5.85. The van der Waals surface area contributed by atoms with E-state index in [9.17, 15) is 22.7 Å². The standard InChI is InChI=1S/C18H33FN4O4S/c1-23-9-17(20-11-23)13-5-6-16(19)15(8-13)18(25)21-22-28(26,27)10-12-3-2-4-14(24)7-12/h12-17,20,22,24H,2-11H2,1H3,(H,21,25)/t12-,13?,14-,15?,16?,17?/m0/s1. The number of rotatable bonds is 6. The molecule has 0 aromatic carbocycles. The predicted octanol–water partition coefficient (Wildman–Crippen LogP) is 0.104. The molecule has 4 N–H and O–H groups in total. The number of hydrogen-bond donors (Lipinski definition) is 4. The number of aliphatic hydroxyl groups excluding tert-OH is 1. The molecule has 3 aliphatic rings. The number of alkyl halides is 1. The lowest BCUT2D eigenvalue weighted by molar-refractivity contribution is -0.129. The summed E-state index contributed by atoms with van der Waals surface area (Å²) in [5.41, 5.74) is 2.23. The summed E-state index contributed by atoms with van der Waals surface area (Å²) in [6.07, 6.45) is 2.43. The zero-order chi connectivity index (χ0) is 20.3. The number of amides is 1. The molecule has 162 valence electrons.